The summed E-state index contributed by atoms with van der Waals surface area (Å²) in [5.74, 6) is 0.999. The van der Waals surface area contributed by atoms with Gasteiger partial charge in [-0.3, -0.25) is 4.79 Å². The zero-order chi connectivity index (χ0) is 13.3. The van der Waals surface area contributed by atoms with E-state index in [1.807, 2.05) is 22.7 Å². The lowest BCUT2D eigenvalue weighted by Gasteiger charge is -2.37. The van der Waals surface area contributed by atoms with E-state index in [0.717, 1.165) is 23.3 Å². The van der Waals surface area contributed by atoms with Crippen LogP contribution < -0.4 is 0 Å². The molecule has 0 bridgehead atoms. The second kappa shape index (κ2) is 5.43. The van der Waals surface area contributed by atoms with E-state index in [2.05, 4.69) is 29.8 Å². The van der Waals surface area contributed by atoms with Gasteiger partial charge in [-0.05, 0) is 32.0 Å². The minimum atomic E-state index is 0.0228. The molecule has 1 fully saturated rings. The summed E-state index contributed by atoms with van der Waals surface area (Å²) in [4.78, 5) is 14.4. The zero-order valence-corrected chi connectivity index (χ0v) is 13.5. The lowest BCUT2D eigenvalue weighted by molar-refractivity contribution is 0.0748. The van der Waals surface area contributed by atoms with Crippen molar-refractivity contribution in [2.24, 2.45) is 0 Å². The number of carbonyl (C=O) groups is 1. The van der Waals surface area contributed by atoms with E-state index in [0.29, 0.717) is 10.6 Å². The normalized spacial score (nSPS) is 18.8. The van der Waals surface area contributed by atoms with Crippen LogP contribution in [0.3, 0.4) is 0 Å². The third-order valence-corrected chi connectivity index (χ3v) is 4.99. The van der Waals surface area contributed by atoms with Gasteiger partial charge in [0.15, 0.2) is 0 Å². The Morgan fingerprint density at radius 2 is 2.22 bits per heavy atom. The van der Waals surface area contributed by atoms with Crippen molar-refractivity contribution in [3.63, 3.8) is 0 Å². The molecule has 1 aromatic carbocycles. The largest absolute Gasteiger partial charge is 0.336 e. The fourth-order valence-electron chi connectivity index (χ4n) is 2.02. The van der Waals surface area contributed by atoms with E-state index in [1.165, 1.54) is 0 Å². The number of hydrogen-bond donors (Lipinski definition) is 0. The molecule has 0 unspecified atom stereocenters. The summed E-state index contributed by atoms with van der Waals surface area (Å²) < 4.78 is 0.993. The van der Waals surface area contributed by atoms with Gasteiger partial charge in [-0.15, -0.1) is 0 Å². The van der Waals surface area contributed by atoms with Gasteiger partial charge in [0.25, 0.3) is 5.91 Å². The summed E-state index contributed by atoms with van der Waals surface area (Å²) in [6.07, 6.45) is 0. The van der Waals surface area contributed by atoms with E-state index < -0.39 is 0 Å². The highest BCUT2D eigenvalue weighted by atomic mass is 79.9. The van der Waals surface area contributed by atoms with Gasteiger partial charge in [0.1, 0.15) is 0 Å². The molecular formula is C13H15BrClNOS. The molecule has 1 aromatic rings. The Kier molecular flexibility index (Phi) is 4.29. The highest BCUT2D eigenvalue weighted by Crippen LogP contribution is 2.31. The van der Waals surface area contributed by atoms with Crippen LogP contribution in [0, 0.1) is 0 Å². The average molecular weight is 349 g/mol. The topological polar surface area (TPSA) is 20.3 Å². The summed E-state index contributed by atoms with van der Waals surface area (Å²) in [5.41, 5.74) is 0.578. The summed E-state index contributed by atoms with van der Waals surface area (Å²) >= 11 is 11.4. The number of amides is 1. The number of rotatable bonds is 1. The summed E-state index contributed by atoms with van der Waals surface area (Å²) in [6, 6.07) is 5.39. The van der Waals surface area contributed by atoms with Crippen LogP contribution >= 0.6 is 39.3 Å². The van der Waals surface area contributed by atoms with E-state index in [9.17, 15) is 4.79 Å². The van der Waals surface area contributed by atoms with E-state index in [4.69, 9.17) is 11.6 Å². The van der Waals surface area contributed by atoms with Gasteiger partial charge in [0, 0.05) is 28.1 Å². The fraction of sp³-hybridized carbons (Fsp3) is 0.462. The first-order chi connectivity index (χ1) is 8.39. The molecular weight excluding hydrogens is 334 g/mol. The molecule has 0 saturated carbocycles. The molecule has 1 amide bonds. The highest BCUT2D eigenvalue weighted by Gasteiger charge is 2.30. The Balaban J connectivity index is 2.23. The van der Waals surface area contributed by atoms with Crippen LogP contribution in [0.1, 0.15) is 24.2 Å². The Bertz CT molecular complexity index is 478. The number of halogens is 2. The van der Waals surface area contributed by atoms with Crippen LogP contribution in [-0.2, 0) is 0 Å². The monoisotopic (exact) mass is 347 g/mol. The molecule has 1 aliphatic heterocycles. The molecule has 0 radical (unpaired) electrons. The predicted octanol–water partition coefficient (Wildman–Crippen LogP) is 4.07. The maximum atomic E-state index is 12.5. The summed E-state index contributed by atoms with van der Waals surface area (Å²) in [6.45, 7) is 5.88. The van der Waals surface area contributed by atoms with Gasteiger partial charge < -0.3 is 4.90 Å². The molecule has 0 atom stereocenters. The molecule has 1 aliphatic rings. The fourth-order valence-corrected chi connectivity index (χ4v) is 3.69. The third-order valence-electron chi connectivity index (χ3n) is 2.87. The standard InChI is InChI=1S/C13H15BrClNOS/c1-13(2)8-16(5-6-18-13)12(17)10-7-9(14)3-4-11(10)15/h3-4,7H,5-6,8H2,1-2H3. The first-order valence-electron chi connectivity index (χ1n) is 5.77. The van der Waals surface area contributed by atoms with Crippen LogP contribution in [0.2, 0.25) is 5.02 Å². The molecule has 0 aromatic heterocycles. The molecule has 1 saturated heterocycles. The minimum absolute atomic E-state index is 0.0228. The lowest BCUT2D eigenvalue weighted by atomic mass is 10.1. The number of carbonyl (C=O) groups excluding carboxylic acids is 1. The molecule has 18 heavy (non-hydrogen) atoms. The van der Waals surface area contributed by atoms with E-state index >= 15 is 0 Å². The van der Waals surface area contributed by atoms with E-state index in [-0.39, 0.29) is 10.7 Å². The van der Waals surface area contributed by atoms with Crippen LogP contribution in [-0.4, -0.2) is 34.4 Å². The van der Waals surface area contributed by atoms with Crippen molar-refractivity contribution in [3.8, 4) is 0 Å². The van der Waals surface area contributed by atoms with Crippen LogP contribution in [0.15, 0.2) is 22.7 Å². The Morgan fingerprint density at radius 3 is 2.89 bits per heavy atom. The first-order valence-corrected chi connectivity index (χ1v) is 7.93. The minimum Gasteiger partial charge on any atom is -0.336 e. The van der Waals surface area contributed by atoms with Crippen molar-refractivity contribution >= 4 is 45.2 Å². The Hall–Kier alpha value is -0.190. The molecule has 0 aliphatic carbocycles. The Labute approximate surface area is 125 Å². The van der Waals surface area contributed by atoms with Crippen molar-refractivity contribution in [2.45, 2.75) is 18.6 Å². The Morgan fingerprint density at radius 1 is 1.50 bits per heavy atom. The number of thioether (sulfide) groups is 1. The zero-order valence-electron chi connectivity index (χ0n) is 10.4. The SMILES string of the molecule is CC1(C)CN(C(=O)c2cc(Br)ccc2Cl)CCS1. The van der Waals surface area contributed by atoms with Gasteiger partial charge in [-0.1, -0.05) is 27.5 Å². The maximum Gasteiger partial charge on any atom is 0.255 e. The number of benzene rings is 1. The third kappa shape index (κ3) is 3.22. The number of nitrogens with zero attached hydrogens (tertiary/aromatic N) is 1. The average Bonchev–Trinajstić information content (AvgIpc) is 2.30. The molecule has 1 heterocycles. The maximum absolute atomic E-state index is 12.5. The highest BCUT2D eigenvalue weighted by molar-refractivity contribution is 9.10. The van der Waals surface area contributed by atoms with Crippen molar-refractivity contribution in [1.82, 2.24) is 4.90 Å². The quantitative estimate of drug-likeness (QED) is 0.762. The predicted molar refractivity (Wildman–Crippen MR) is 81.6 cm³/mol. The van der Waals surface area contributed by atoms with Gasteiger partial charge in [0.05, 0.1) is 10.6 Å². The molecule has 98 valence electrons. The summed E-state index contributed by atoms with van der Waals surface area (Å²) in [5, 5.41) is 0.513. The smallest absolute Gasteiger partial charge is 0.255 e. The van der Waals surface area contributed by atoms with Gasteiger partial charge in [0.2, 0.25) is 0 Å². The summed E-state index contributed by atoms with van der Waals surface area (Å²) in [7, 11) is 0. The van der Waals surface area contributed by atoms with Crippen LogP contribution in [0.4, 0.5) is 0 Å². The molecule has 2 rings (SSSR count). The van der Waals surface area contributed by atoms with Gasteiger partial charge in [-0.2, -0.15) is 11.8 Å². The lowest BCUT2D eigenvalue weighted by Crippen LogP contribution is -2.46. The molecule has 5 heteroatoms. The van der Waals surface area contributed by atoms with Gasteiger partial charge >= 0.3 is 0 Å². The second-order valence-corrected chi connectivity index (χ2v) is 8.08. The molecule has 0 N–H and O–H groups in total. The second-order valence-electron chi connectivity index (χ2n) is 4.96. The van der Waals surface area contributed by atoms with Crippen molar-refractivity contribution in [3.05, 3.63) is 33.3 Å². The molecule has 2 nitrogen and oxygen atoms in total. The van der Waals surface area contributed by atoms with Crippen LogP contribution in [0.25, 0.3) is 0 Å². The van der Waals surface area contributed by atoms with Gasteiger partial charge in [-0.25, -0.2) is 0 Å². The van der Waals surface area contributed by atoms with Crippen molar-refractivity contribution in [2.75, 3.05) is 18.8 Å². The van der Waals surface area contributed by atoms with Crippen LogP contribution in [0.5, 0.6) is 0 Å². The van der Waals surface area contributed by atoms with Crippen molar-refractivity contribution < 1.29 is 4.79 Å². The first kappa shape index (κ1) is 14.2. The number of hydrogen-bond acceptors (Lipinski definition) is 2. The van der Waals surface area contributed by atoms with E-state index in [1.54, 1.807) is 12.1 Å². The van der Waals surface area contributed by atoms with Crippen molar-refractivity contribution in [1.29, 1.82) is 0 Å². The molecule has 0 spiro atoms.